The molecule has 0 saturated heterocycles. The van der Waals surface area contributed by atoms with Crippen molar-refractivity contribution < 1.29 is 23.1 Å². The third-order valence-corrected chi connectivity index (χ3v) is 4.32. The number of sulfone groups is 1. The first-order valence-corrected chi connectivity index (χ1v) is 7.15. The van der Waals surface area contributed by atoms with Crippen LogP contribution in [0.5, 0.6) is 0 Å². The molecule has 100 valence electrons. The number of carbonyl (C=O) groups excluding carboxylic acids is 1. The highest BCUT2D eigenvalue weighted by Crippen LogP contribution is 2.13. The monoisotopic (exact) mass is 265 g/mol. The van der Waals surface area contributed by atoms with Crippen LogP contribution in [0.1, 0.15) is 27.2 Å². The maximum absolute atomic E-state index is 11.7. The number of carbonyl (C=O) groups is 2. The Hall–Kier alpha value is -1.11. The summed E-state index contributed by atoms with van der Waals surface area (Å²) >= 11 is 0. The van der Waals surface area contributed by atoms with Crippen LogP contribution in [0, 0.1) is 5.92 Å². The molecule has 1 amide bonds. The molecule has 0 heterocycles. The average Bonchev–Trinajstić information content (AvgIpc) is 2.11. The first kappa shape index (κ1) is 15.9. The summed E-state index contributed by atoms with van der Waals surface area (Å²) in [7, 11) is -3.96. The molecule has 0 rings (SSSR count). The maximum Gasteiger partial charge on any atom is 0.322 e. The lowest BCUT2D eigenvalue weighted by Gasteiger charge is -2.16. The number of nitrogens with one attached hydrogen (secondary N) is 1. The molecule has 1 atom stereocenters. The van der Waals surface area contributed by atoms with Crippen molar-refractivity contribution in [2.75, 3.05) is 12.3 Å². The fourth-order valence-electron chi connectivity index (χ4n) is 1.44. The fourth-order valence-corrected chi connectivity index (χ4v) is 3.23. The van der Waals surface area contributed by atoms with Crippen LogP contribution in [-0.4, -0.2) is 42.9 Å². The lowest BCUT2D eigenvalue weighted by atomic mass is 10.1. The third kappa shape index (κ3) is 5.16. The molecule has 0 saturated carbocycles. The highest BCUT2D eigenvalue weighted by atomic mass is 32.2. The van der Waals surface area contributed by atoms with E-state index in [1.54, 1.807) is 0 Å². The van der Waals surface area contributed by atoms with Crippen LogP contribution < -0.4 is 5.32 Å². The van der Waals surface area contributed by atoms with E-state index < -0.39 is 38.6 Å². The van der Waals surface area contributed by atoms with Crippen molar-refractivity contribution in [2.45, 2.75) is 32.4 Å². The molecule has 0 aromatic carbocycles. The van der Waals surface area contributed by atoms with Crippen molar-refractivity contribution in [1.29, 1.82) is 0 Å². The van der Waals surface area contributed by atoms with Gasteiger partial charge in [0.05, 0.1) is 0 Å². The van der Waals surface area contributed by atoms with E-state index in [1.165, 1.54) is 13.8 Å². The SMILES string of the molecule is CCCNC(=O)CS(=O)(=O)C(C(=O)O)C(C)C. The predicted molar refractivity (Wildman–Crippen MR) is 63.3 cm³/mol. The van der Waals surface area contributed by atoms with E-state index in [2.05, 4.69) is 5.32 Å². The van der Waals surface area contributed by atoms with Crippen LogP contribution in [0.3, 0.4) is 0 Å². The van der Waals surface area contributed by atoms with Gasteiger partial charge in [0.2, 0.25) is 5.91 Å². The summed E-state index contributed by atoms with van der Waals surface area (Å²) in [5.41, 5.74) is 0. The lowest BCUT2D eigenvalue weighted by molar-refractivity contribution is -0.137. The molecule has 1 unspecified atom stereocenters. The molecular formula is C10H19NO5S. The van der Waals surface area contributed by atoms with Crippen LogP contribution >= 0.6 is 0 Å². The minimum absolute atomic E-state index is 0.383. The van der Waals surface area contributed by atoms with E-state index in [0.717, 1.165) is 0 Å². The summed E-state index contributed by atoms with van der Waals surface area (Å²) in [4.78, 5) is 22.2. The fraction of sp³-hybridized carbons (Fsp3) is 0.800. The largest absolute Gasteiger partial charge is 0.480 e. The van der Waals surface area contributed by atoms with E-state index in [-0.39, 0.29) is 0 Å². The summed E-state index contributed by atoms with van der Waals surface area (Å²) in [6.45, 7) is 5.22. The van der Waals surface area contributed by atoms with Gasteiger partial charge in [-0.05, 0) is 12.3 Å². The molecule has 7 heteroatoms. The molecule has 0 radical (unpaired) electrons. The van der Waals surface area contributed by atoms with Gasteiger partial charge in [-0.15, -0.1) is 0 Å². The van der Waals surface area contributed by atoms with E-state index in [0.29, 0.717) is 13.0 Å². The summed E-state index contributed by atoms with van der Waals surface area (Å²) in [6.07, 6.45) is 0.693. The summed E-state index contributed by atoms with van der Waals surface area (Å²) in [6, 6.07) is 0. The van der Waals surface area contributed by atoms with Gasteiger partial charge >= 0.3 is 5.97 Å². The second-order valence-electron chi connectivity index (χ2n) is 4.16. The molecule has 0 fully saturated rings. The Morgan fingerprint density at radius 1 is 1.29 bits per heavy atom. The first-order chi connectivity index (χ1) is 7.72. The van der Waals surface area contributed by atoms with E-state index in [1.807, 2.05) is 6.92 Å². The van der Waals surface area contributed by atoms with E-state index in [9.17, 15) is 18.0 Å². The molecule has 0 aliphatic heterocycles. The Bertz CT molecular complexity index is 374. The molecule has 2 N–H and O–H groups in total. The number of hydrogen-bond acceptors (Lipinski definition) is 4. The second-order valence-corrected chi connectivity index (χ2v) is 6.28. The van der Waals surface area contributed by atoms with Gasteiger partial charge in [-0.1, -0.05) is 20.8 Å². The molecule has 0 bridgehead atoms. The summed E-state index contributed by atoms with van der Waals surface area (Å²) < 4.78 is 23.5. The smallest absolute Gasteiger partial charge is 0.322 e. The molecule has 0 aromatic heterocycles. The second kappa shape index (κ2) is 6.58. The zero-order valence-electron chi connectivity index (χ0n) is 10.3. The minimum Gasteiger partial charge on any atom is -0.480 e. The van der Waals surface area contributed by atoms with Gasteiger partial charge in [0.25, 0.3) is 0 Å². The number of aliphatic carboxylic acids is 1. The van der Waals surface area contributed by atoms with Crippen LogP contribution in [-0.2, 0) is 19.4 Å². The van der Waals surface area contributed by atoms with Gasteiger partial charge in [0.1, 0.15) is 5.75 Å². The highest BCUT2D eigenvalue weighted by Gasteiger charge is 2.36. The quantitative estimate of drug-likeness (QED) is 0.676. The van der Waals surface area contributed by atoms with Crippen molar-refractivity contribution in [1.82, 2.24) is 5.32 Å². The normalized spacial score (nSPS) is 13.4. The topological polar surface area (TPSA) is 101 Å². The van der Waals surface area contributed by atoms with Crippen LogP contribution in [0.4, 0.5) is 0 Å². The number of rotatable bonds is 7. The van der Waals surface area contributed by atoms with Crippen LogP contribution in [0.15, 0.2) is 0 Å². The first-order valence-electron chi connectivity index (χ1n) is 5.43. The minimum atomic E-state index is -3.96. The van der Waals surface area contributed by atoms with Gasteiger partial charge in [-0.3, -0.25) is 9.59 Å². The van der Waals surface area contributed by atoms with Crippen molar-refractivity contribution in [3.8, 4) is 0 Å². The van der Waals surface area contributed by atoms with Gasteiger partial charge in [-0.25, -0.2) is 8.42 Å². The Balaban J connectivity index is 4.76. The average molecular weight is 265 g/mol. The number of carboxylic acids is 1. The zero-order chi connectivity index (χ0) is 13.6. The molecule has 0 aromatic rings. The zero-order valence-corrected chi connectivity index (χ0v) is 11.1. The Kier molecular flexibility index (Phi) is 6.15. The van der Waals surface area contributed by atoms with Crippen molar-refractivity contribution in [3.05, 3.63) is 0 Å². The van der Waals surface area contributed by atoms with Crippen molar-refractivity contribution in [3.63, 3.8) is 0 Å². The molecule has 0 spiro atoms. The van der Waals surface area contributed by atoms with Crippen LogP contribution in [0.25, 0.3) is 0 Å². The third-order valence-electron chi connectivity index (χ3n) is 2.14. The van der Waals surface area contributed by atoms with Crippen molar-refractivity contribution >= 4 is 21.7 Å². The highest BCUT2D eigenvalue weighted by molar-refractivity contribution is 7.93. The van der Waals surface area contributed by atoms with Gasteiger partial charge < -0.3 is 10.4 Å². The summed E-state index contributed by atoms with van der Waals surface area (Å²) in [5.74, 6) is -3.42. The molecule has 17 heavy (non-hydrogen) atoms. The Morgan fingerprint density at radius 3 is 2.18 bits per heavy atom. The van der Waals surface area contributed by atoms with Gasteiger partial charge in [0.15, 0.2) is 15.1 Å². The van der Waals surface area contributed by atoms with Gasteiger partial charge in [0, 0.05) is 6.54 Å². The Morgan fingerprint density at radius 2 is 1.82 bits per heavy atom. The van der Waals surface area contributed by atoms with Crippen LogP contribution in [0.2, 0.25) is 0 Å². The molecule has 0 aliphatic carbocycles. The van der Waals surface area contributed by atoms with E-state index in [4.69, 9.17) is 5.11 Å². The van der Waals surface area contributed by atoms with Crippen molar-refractivity contribution in [2.24, 2.45) is 5.92 Å². The lowest BCUT2D eigenvalue weighted by Crippen LogP contribution is -2.41. The standard InChI is InChI=1S/C10H19NO5S/c1-4-5-11-8(12)6-17(15,16)9(7(2)3)10(13)14/h7,9H,4-6H2,1-3H3,(H,11,12)(H,13,14). The maximum atomic E-state index is 11.7. The Labute approximate surface area is 101 Å². The number of hydrogen-bond donors (Lipinski definition) is 2. The van der Waals surface area contributed by atoms with E-state index >= 15 is 0 Å². The molecule has 6 nitrogen and oxygen atoms in total. The number of amides is 1. The molecule has 0 aliphatic rings. The van der Waals surface area contributed by atoms with Gasteiger partial charge in [-0.2, -0.15) is 0 Å². The molecular weight excluding hydrogens is 246 g/mol. The number of carboxylic acid groups (broad SMARTS) is 1. The predicted octanol–water partition coefficient (Wildman–Crippen LogP) is 0.0366. The summed E-state index contributed by atoms with van der Waals surface area (Å²) in [5, 5.41) is 9.73.